The van der Waals surface area contributed by atoms with Crippen LogP contribution in [-0.4, -0.2) is 11.2 Å². The van der Waals surface area contributed by atoms with Crippen LogP contribution in [0.4, 0.5) is 0 Å². The topological polar surface area (TPSA) is 44.0 Å². The first-order chi connectivity index (χ1) is 9.26. The first kappa shape index (κ1) is 14.3. The molecule has 1 saturated carbocycles. The van der Waals surface area contributed by atoms with Crippen LogP contribution < -0.4 is 0 Å². The summed E-state index contributed by atoms with van der Waals surface area (Å²) >= 11 is 0. The van der Waals surface area contributed by atoms with E-state index in [0.717, 1.165) is 12.8 Å². The summed E-state index contributed by atoms with van der Waals surface area (Å²) in [6, 6.07) is 2.32. The highest BCUT2D eigenvalue weighted by Gasteiger charge is 2.42. The predicted molar refractivity (Wildman–Crippen MR) is 77.2 cm³/mol. The first-order valence-corrected chi connectivity index (χ1v) is 7.68. The van der Waals surface area contributed by atoms with Crippen LogP contribution in [0.3, 0.4) is 0 Å². The summed E-state index contributed by atoms with van der Waals surface area (Å²) in [5, 5.41) is 18.9. The average molecular weight is 259 g/mol. The lowest BCUT2D eigenvalue weighted by Crippen LogP contribution is -2.18. The van der Waals surface area contributed by atoms with Gasteiger partial charge in [0.15, 0.2) is 0 Å². The third-order valence-corrected chi connectivity index (χ3v) is 4.67. The monoisotopic (exact) mass is 259 g/mol. The Morgan fingerprint density at radius 1 is 1.37 bits per heavy atom. The number of nitriles is 1. The quantitative estimate of drug-likeness (QED) is 0.557. The molecular formula is C17H25NO. The van der Waals surface area contributed by atoms with E-state index in [0.29, 0.717) is 30.1 Å². The van der Waals surface area contributed by atoms with E-state index in [1.807, 2.05) is 6.08 Å². The fourth-order valence-corrected chi connectivity index (χ4v) is 3.60. The van der Waals surface area contributed by atoms with Crippen LogP contribution in [0.25, 0.3) is 0 Å². The standard InChI is InChI=1S/C17H25NO/c1-2-3-4-5-15(19)8-9-16-13-6-7-14(12-13)17(16)10-11-18/h6-9,13-17,19H,2-5,10,12H2,1H3. The maximum atomic E-state index is 9.95. The molecule has 0 aromatic rings. The molecule has 104 valence electrons. The number of hydrogen-bond donors (Lipinski definition) is 1. The molecule has 19 heavy (non-hydrogen) atoms. The van der Waals surface area contributed by atoms with Crippen molar-refractivity contribution in [1.82, 2.24) is 0 Å². The van der Waals surface area contributed by atoms with E-state index in [2.05, 4.69) is 31.2 Å². The van der Waals surface area contributed by atoms with Crippen molar-refractivity contribution in [1.29, 1.82) is 5.26 Å². The van der Waals surface area contributed by atoms with Gasteiger partial charge in [0, 0.05) is 6.42 Å². The molecule has 2 nitrogen and oxygen atoms in total. The Morgan fingerprint density at radius 3 is 2.89 bits per heavy atom. The van der Waals surface area contributed by atoms with Gasteiger partial charge in [-0.1, -0.05) is 50.5 Å². The molecule has 0 aliphatic heterocycles. The lowest BCUT2D eigenvalue weighted by atomic mass is 9.81. The van der Waals surface area contributed by atoms with Gasteiger partial charge in [-0.3, -0.25) is 0 Å². The number of allylic oxidation sites excluding steroid dienone is 3. The van der Waals surface area contributed by atoms with E-state index in [9.17, 15) is 5.11 Å². The highest BCUT2D eigenvalue weighted by molar-refractivity contribution is 5.19. The van der Waals surface area contributed by atoms with Gasteiger partial charge in [0.1, 0.15) is 0 Å². The molecule has 2 rings (SSSR count). The summed E-state index contributed by atoms with van der Waals surface area (Å²) in [7, 11) is 0. The van der Waals surface area contributed by atoms with E-state index >= 15 is 0 Å². The van der Waals surface area contributed by atoms with Crippen LogP contribution in [0.15, 0.2) is 24.3 Å². The highest BCUT2D eigenvalue weighted by atomic mass is 16.3. The average Bonchev–Trinajstić information content (AvgIpc) is 2.99. The van der Waals surface area contributed by atoms with Crippen LogP contribution in [-0.2, 0) is 0 Å². The van der Waals surface area contributed by atoms with Crippen LogP contribution in [0.2, 0.25) is 0 Å². The Balaban J connectivity index is 1.87. The Kier molecular flexibility index (Phi) is 5.22. The Labute approximate surface area is 116 Å². The molecular weight excluding hydrogens is 234 g/mol. The maximum absolute atomic E-state index is 9.95. The molecule has 5 atom stereocenters. The van der Waals surface area contributed by atoms with Gasteiger partial charge in [-0.25, -0.2) is 0 Å². The van der Waals surface area contributed by atoms with E-state index in [1.54, 1.807) is 0 Å². The summed E-state index contributed by atoms with van der Waals surface area (Å²) in [4.78, 5) is 0. The number of nitrogens with zero attached hydrogens (tertiary/aromatic N) is 1. The molecule has 0 radical (unpaired) electrons. The molecule has 1 fully saturated rings. The van der Waals surface area contributed by atoms with Gasteiger partial charge in [0.2, 0.25) is 0 Å². The number of aliphatic hydroxyl groups excluding tert-OH is 1. The van der Waals surface area contributed by atoms with Crippen molar-refractivity contribution >= 4 is 0 Å². The number of unbranched alkanes of at least 4 members (excludes halogenated alkanes) is 2. The molecule has 0 heterocycles. The summed E-state index contributed by atoms with van der Waals surface area (Å²) in [6.45, 7) is 2.18. The molecule has 2 heteroatoms. The SMILES string of the molecule is CCCCCC(O)C=CC1C2C=CC(C2)C1CC#N. The van der Waals surface area contributed by atoms with Crippen molar-refractivity contribution in [2.24, 2.45) is 23.7 Å². The maximum Gasteiger partial charge on any atom is 0.0721 e. The summed E-state index contributed by atoms with van der Waals surface area (Å²) in [5.41, 5.74) is 0. The van der Waals surface area contributed by atoms with Crippen LogP contribution in [0.5, 0.6) is 0 Å². The Morgan fingerprint density at radius 2 is 2.16 bits per heavy atom. The van der Waals surface area contributed by atoms with E-state index in [1.165, 1.54) is 19.3 Å². The van der Waals surface area contributed by atoms with Crippen molar-refractivity contribution in [3.63, 3.8) is 0 Å². The van der Waals surface area contributed by atoms with Crippen molar-refractivity contribution < 1.29 is 5.11 Å². The van der Waals surface area contributed by atoms with Crippen molar-refractivity contribution in [2.75, 3.05) is 0 Å². The van der Waals surface area contributed by atoms with E-state index in [-0.39, 0.29) is 6.10 Å². The van der Waals surface area contributed by atoms with Crippen LogP contribution in [0, 0.1) is 35.0 Å². The fraction of sp³-hybridized carbons (Fsp3) is 0.706. The van der Waals surface area contributed by atoms with E-state index in [4.69, 9.17) is 5.26 Å². The van der Waals surface area contributed by atoms with Gasteiger partial charge in [-0.05, 0) is 36.5 Å². The first-order valence-electron chi connectivity index (χ1n) is 7.68. The largest absolute Gasteiger partial charge is 0.389 e. The zero-order valence-electron chi connectivity index (χ0n) is 11.8. The zero-order chi connectivity index (χ0) is 13.7. The minimum absolute atomic E-state index is 0.308. The molecule has 0 spiro atoms. The van der Waals surface area contributed by atoms with Gasteiger partial charge in [0.25, 0.3) is 0 Å². The highest BCUT2D eigenvalue weighted by Crippen LogP contribution is 2.49. The van der Waals surface area contributed by atoms with Crippen LogP contribution in [0.1, 0.15) is 45.4 Å². The van der Waals surface area contributed by atoms with Gasteiger partial charge >= 0.3 is 0 Å². The van der Waals surface area contributed by atoms with Gasteiger partial charge in [0.05, 0.1) is 12.2 Å². The Bertz CT molecular complexity index is 379. The molecule has 1 N–H and O–H groups in total. The summed E-state index contributed by atoms with van der Waals surface area (Å²) in [6.07, 6.45) is 14.6. The van der Waals surface area contributed by atoms with Gasteiger partial charge < -0.3 is 5.11 Å². The molecule has 0 aromatic heterocycles. The third-order valence-electron chi connectivity index (χ3n) is 4.67. The minimum Gasteiger partial charge on any atom is -0.389 e. The van der Waals surface area contributed by atoms with Gasteiger partial charge in [-0.2, -0.15) is 5.26 Å². The van der Waals surface area contributed by atoms with Crippen molar-refractivity contribution in [3.05, 3.63) is 24.3 Å². The number of fused-ring (bicyclic) bond motifs is 2. The lowest BCUT2D eigenvalue weighted by Gasteiger charge is -2.23. The molecule has 2 aliphatic rings. The summed E-state index contributed by atoms with van der Waals surface area (Å²) < 4.78 is 0. The fourth-order valence-electron chi connectivity index (χ4n) is 3.60. The predicted octanol–water partition coefficient (Wildman–Crippen LogP) is 3.84. The van der Waals surface area contributed by atoms with Crippen molar-refractivity contribution in [3.8, 4) is 6.07 Å². The molecule has 5 unspecified atom stereocenters. The van der Waals surface area contributed by atoms with E-state index < -0.39 is 0 Å². The zero-order valence-corrected chi connectivity index (χ0v) is 11.8. The molecule has 0 amide bonds. The van der Waals surface area contributed by atoms with Crippen LogP contribution >= 0.6 is 0 Å². The number of hydrogen-bond acceptors (Lipinski definition) is 2. The molecule has 0 aromatic carbocycles. The lowest BCUT2D eigenvalue weighted by molar-refractivity contribution is 0.206. The molecule has 0 saturated heterocycles. The number of rotatable bonds is 7. The second kappa shape index (κ2) is 6.91. The molecule has 2 aliphatic carbocycles. The second-order valence-corrected chi connectivity index (χ2v) is 6.00. The minimum atomic E-state index is -0.308. The Hall–Kier alpha value is -1.07. The number of aliphatic hydroxyl groups is 1. The van der Waals surface area contributed by atoms with Gasteiger partial charge in [-0.15, -0.1) is 0 Å². The third kappa shape index (κ3) is 3.48. The van der Waals surface area contributed by atoms with Crippen molar-refractivity contribution in [2.45, 2.75) is 51.6 Å². The summed E-state index contributed by atoms with van der Waals surface area (Å²) in [5.74, 6) is 2.13. The molecule has 2 bridgehead atoms. The normalized spacial score (nSPS) is 33.9. The second-order valence-electron chi connectivity index (χ2n) is 6.00. The smallest absolute Gasteiger partial charge is 0.0721 e.